The van der Waals surface area contributed by atoms with Crippen LogP contribution in [-0.2, 0) is 4.79 Å². The number of amides is 2. The van der Waals surface area contributed by atoms with Crippen LogP contribution in [-0.4, -0.2) is 36.3 Å². The maximum absolute atomic E-state index is 12.3. The molecule has 0 aliphatic carbocycles. The van der Waals surface area contributed by atoms with Crippen molar-refractivity contribution >= 4 is 23.2 Å². The average molecular weight is 348 g/mol. The normalized spacial score (nSPS) is 13.1. The number of carbonyl (C=O) groups is 2. The number of carbonyl (C=O) groups excluding carboxylic acids is 2. The van der Waals surface area contributed by atoms with Crippen molar-refractivity contribution in [3.05, 3.63) is 59.7 Å². The first-order valence-electron chi connectivity index (χ1n) is 8.59. The van der Waals surface area contributed by atoms with Crippen molar-refractivity contribution in [1.82, 2.24) is 4.90 Å². The number of hydrogen-bond donors (Lipinski definition) is 2. The van der Waals surface area contributed by atoms with Gasteiger partial charge in [0.15, 0.2) is 0 Å². The Balaban J connectivity index is 1.52. The van der Waals surface area contributed by atoms with Gasteiger partial charge in [-0.2, -0.15) is 5.26 Å². The molecule has 1 aliphatic heterocycles. The first kappa shape index (κ1) is 17.5. The summed E-state index contributed by atoms with van der Waals surface area (Å²) in [4.78, 5) is 26.2. The van der Waals surface area contributed by atoms with Crippen molar-refractivity contribution in [1.29, 1.82) is 5.26 Å². The van der Waals surface area contributed by atoms with E-state index < -0.39 is 0 Å². The molecule has 1 heterocycles. The fourth-order valence-electron chi connectivity index (χ4n) is 2.89. The van der Waals surface area contributed by atoms with Crippen LogP contribution in [0.15, 0.2) is 48.5 Å². The lowest BCUT2D eigenvalue weighted by Gasteiger charge is -2.15. The lowest BCUT2D eigenvalue weighted by molar-refractivity contribution is -0.114. The summed E-state index contributed by atoms with van der Waals surface area (Å²) in [6.45, 7) is 1.74. The van der Waals surface area contributed by atoms with E-state index in [2.05, 4.69) is 10.6 Å². The molecule has 0 unspecified atom stereocenters. The number of anilines is 2. The van der Waals surface area contributed by atoms with E-state index in [9.17, 15) is 9.59 Å². The number of benzene rings is 2. The van der Waals surface area contributed by atoms with Crippen molar-refractivity contribution in [2.75, 3.05) is 30.3 Å². The molecule has 2 aromatic rings. The molecule has 1 saturated heterocycles. The van der Waals surface area contributed by atoms with Crippen LogP contribution in [0.4, 0.5) is 11.4 Å². The fourth-order valence-corrected chi connectivity index (χ4v) is 2.89. The van der Waals surface area contributed by atoms with E-state index in [4.69, 9.17) is 5.26 Å². The fraction of sp³-hybridized carbons (Fsp3) is 0.250. The van der Waals surface area contributed by atoms with Crippen LogP contribution in [0.3, 0.4) is 0 Å². The topological polar surface area (TPSA) is 85.2 Å². The van der Waals surface area contributed by atoms with Gasteiger partial charge in [-0.1, -0.05) is 6.07 Å². The molecule has 132 valence electrons. The molecule has 3 rings (SSSR count). The summed E-state index contributed by atoms with van der Waals surface area (Å²) in [5, 5.41) is 14.6. The monoisotopic (exact) mass is 348 g/mol. The third kappa shape index (κ3) is 4.39. The number of nitrogens with zero attached hydrogens (tertiary/aromatic N) is 2. The van der Waals surface area contributed by atoms with Crippen LogP contribution >= 0.6 is 0 Å². The summed E-state index contributed by atoms with van der Waals surface area (Å²) in [6, 6.07) is 15.9. The van der Waals surface area contributed by atoms with Crippen molar-refractivity contribution < 1.29 is 9.59 Å². The highest BCUT2D eigenvalue weighted by atomic mass is 16.2. The first-order valence-corrected chi connectivity index (χ1v) is 8.59. The average Bonchev–Trinajstić information content (AvgIpc) is 3.21. The Labute approximate surface area is 152 Å². The number of rotatable bonds is 5. The summed E-state index contributed by atoms with van der Waals surface area (Å²) in [6.07, 6.45) is 2.13. The van der Waals surface area contributed by atoms with Gasteiger partial charge < -0.3 is 15.5 Å². The number of nitriles is 1. The Morgan fingerprint density at radius 1 is 1.04 bits per heavy atom. The smallest absolute Gasteiger partial charge is 0.253 e. The first-order chi connectivity index (χ1) is 12.7. The van der Waals surface area contributed by atoms with Gasteiger partial charge in [-0.15, -0.1) is 0 Å². The molecule has 0 bridgehead atoms. The molecule has 6 heteroatoms. The summed E-state index contributed by atoms with van der Waals surface area (Å²) < 4.78 is 0. The van der Waals surface area contributed by atoms with E-state index in [0.717, 1.165) is 31.6 Å². The second-order valence-corrected chi connectivity index (χ2v) is 6.17. The van der Waals surface area contributed by atoms with Gasteiger partial charge >= 0.3 is 0 Å². The van der Waals surface area contributed by atoms with Crippen molar-refractivity contribution in [2.24, 2.45) is 0 Å². The van der Waals surface area contributed by atoms with Crippen molar-refractivity contribution in [2.45, 2.75) is 12.8 Å². The van der Waals surface area contributed by atoms with Gasteiger partial charge in [0, 0.05) is 30.0 Å². The highest BCUT2D eigenvalue weighted by molar-refractivity contribution is 5.95. The van der Waals surface area contributed by atoms with Gasteiger partial charge in [0.2, 0.25) is 5.91 Å². The van der Waals surface area contributed by atoms with Gasteiger partial charge in [0.05, 0.1) is 18.2 Å². The lowest BCUT2D eigenvalue weighted by Crippen LogP contribution is -2.27. The molecule has 0 atom stereocenters. The largest absolute Gasteiger partial charge is 0.376 e. The number of nitrogens with one attached hydrogen (secondary N) is 2. The Bertz CT molecular complexity index is 834. The lowest BCUT2D eigenvalue weighted by atomic mass is 10.2. The minimum atomic E-state index is -0.211. The zero-order valence-corrected chi connectivity index (χ0v) is 14.4. The van der Waals surface area contributed by atoms with Crippen LogP contribution in [0.25, 0.3) is 0 Å². The highest BCUT2D eigenvalue weighted by Crippen LogP contribution is 2.15. The van der Waals surface area contributed by atoms with E-state index in [-0.39, 0.29) is 18.4 Å². The van der Waals surface area contributed by atoms with Gasteiger partial charge in [0.25, 0.3) is 5.91 Å². The van der Waals surface area contributed by atoms with E-state index >= 15 is 0 Å². The molecule has 26 heavy (non-hydrogen) atoms. The van der Waals surface area contributed by atoms with Crippen LogP contribution < -0.4 is 10.6 Å². The molecule has 2 amide bonds. The van der Waals surface area contributed by atoms with Crippen molar-refractivity contribution in [3.8, 4) is 6.07 Å². The van der Waals surface area contributed by atoms with Gasteiger partial charge in [0.1, 0.15) is 0 Å². The van der Waals surface area contributed by atoms with E-state index in [0.29, 0.717) is 16.8 Å². The standard InChI is InChI=1S/C20H20N4O2/c21-13-15-4-3-5-18(12-15)23-19(25)14-22-17-8-6-16(7-9-17)20(26)24-10-1-2-11-24/h3-9,12,22H,1-2,10-11,14H2,(H,23,25). The van der Waals surface area contributed by atoms with E-state index in [1.165, 1.54) is 0 Å². The summed E-state index contributed by atoms with van der Waals surface area (Å²) in [5.74, 6) is -0.151. The predicted molar refractivity (Wildman–Crippen MR) is 99.9 cm³/mol. The third-order valence-corrected chi connectivity index (χ3v) is 4.25. The van der Waals surface area contributed by atoms with Gasteiger partial charge in [-0.05, 0) is 55.3 Å². The Kier molecular flexibility index (Phi) is 5.49. The molecule has 0 saturated carbocycles. The van der Waals surface area contributed by atoms with Gasteiger partial charge in [-0.25, -0.2) is 0 Å². The van der Waals surface area contributed by atoms with E-state index in [1.807, 2.05) is 11.0 Å². The Morgan fingerprint density at radius 3 is 2.46 bits per heavy atom. The molecule has 2 aromatic carbocycles. The highest BCUT2D eigenvalue weighted by Gasteiger charge is 2.19. The molecule has 1 aliphatic rings. The minimum absolute atomic E-state index is 0.0594. The molecule has 0 spiro atoms. The van der Waals surface area contributed by atoms with Crippen LogP contribution in [0, 0.1) is 11.3 Å². The SMILES string of the molecule is N#Cc1cccc(NC(=O)CNc2ccc(C(=O)N3CCCC3)cc2)c1. The maximum atomic E-state index is 12.3. The molecule has 0 aromatic heterocycles. The van der Waals surface area contributed by atoms with E-state index in [1.54, 1.807) is 48.5 Å². The predicted octanol–water partition coefficient (Wildman–Crippen LogP) is 2.84. The minimum Gasteiger partial charge on any atom is -0.376 e. The van der Waals surface area contributed by atoms with Crippen LogP contribution in [0.5, 0.6) is 0 Å². The quantitative estimate of drug-likeness (QED) is 0.870. The summed E-state index contributed by atoms with van der Waals surface area (Å²) in [7, 11) is 0. The number of likely N-dealkylation sites (tertiary alicyclic amines) is 1. The van der Waals surface area contributed by atoms with Crippen LogP contribution in [0.2, 0.25) is 0 Å². The molecule has 1 fully saturated rings. The second-order valence-electron chi connectivity index (χ2n) is 6.17. The third-order valence-electron chi connectivity index (χ3n) is 4.25. The molecular weight excluding hydrogens is 328 g/mol. The molecular formula is C20H20N4O2. The molecule has 6 nitrogen and oxygen atoms in total. The summed E-state index contributed by atoms with van der Waals surface area (Å²) in [5.41, 5.74) is 2.51. The Hall–Kier alpha value is -3.33. The van der Waals surface area contributed by atoms with Gasteiger partial charge in [-0.3, -0.25) is 9.59 Å². The Morgan fingerprint density at radius 2 is 1.77 bits per heavy atom. The van der Waals surface area contributed by atoms with Crippen LogP contribution in [0.1, 0.15) is 28.8 Å². The van der Waals surface area contributed by atoms with Crippen molar-refractivity contribution in [3.63, 3.8) is 0 Å². The summed E-state index contributed by atoms with van der Waals surface area (Å²) >= 11 is 0. The zero-order chi connectivity index (χ0) is 18.4. The molecule has 0 radical (unpaired) electrons. The second kappa shape index (κ2) is 8.17. The molecule has 2 N–H and O–H groups in total. The number of hydrogen-bond acceptors (Lipinski definition) is 4. The zero-order valence-electron chi connectivity index (χ0n) is 14.4. The maximum Gasteiger partial charge on any atom is 0.253 e.